The molecule has 1 aromatic rings. The minimum Gasteiger partial charge on any atom is -0.413 e. The van der Waals surface area contributed by atoms with Gasteiger partial charge in [0, 0.05) is 0 Å². The summed E-state index contributed by atoms with van der Waals surface area (Å²) in [5.41, 5.74) is 2.04. The zero-order valence-corrected chi connectivity index (χ0v) is 20.1. The fraction of sp³-hybridized carbons (Fsp3) is 0.727. The van der Waals surface area contributed by atoms with Crippen molar-refractivity contribution in [3.8, 4) is 0 Å². The summed E-state index contributed by atoms with van der Waals surface area (Å²) >= 11 is 0. The highest BCUT2D eigenvalue weighted by atomic mass is 28.4. The van der Waals surface area contributed by atoms with E-state index >= 15 is 0 Å². The first-order valence-electron chi connectivity index (χ1n) is 10.2. The maximum Gasteiger partial charge on any atom is 0.458 e. The Bertz CT molecular complexity index is 616. The van der Waals surface area contributed by atoms with Crippen LogP contribution in [0, 0.1) is 0 Å². The molecule has 3 nitrogen and oxygen atoms in total. The molecule has 0 saturated carbocycles. The fourth-order valence-corrected chi connectivity index (χ4v) is 3.87. The molecule has 0 aromatic heterocycles. The normalized spacial score (nSPS) is 20.7. The van der Waals surface area contributed by atoms with Gasteiger partial charge in [-0.1, -0.05) is 52.0 Å². The van der Waals surface area contributed by atoms with Gasteiger partial charge in [-0.2, -0.15) is 0 Å². The molecule has 0 amide bonds. The molecule has 0 bridgehead atoms. The third-order valence-electron chi connectivity index (χ3n) is 6.80. The molecule has 1 saturated heterocycles. The molecule has 0 spiro atoms. The van der Waals surface area contributed by atoms with Crippen molar-refractivity contribution in [3.05, 3.63) is 35.4 Å². The first kappa shape index (κ1) is 22.7. The summed E-state index contributed by atoms with van der Waals surface area (Å²) in [5.74, 6) is 0.384. The molecule has 1 atom stereocenters. The monoisotopic (exact) mass is 390 g/mol. The Kier molecular flexibility index (Phi) is 6.43. The molecule has 27 heavy (non-hydrogen) atoms. The van der Waals surface area contributed by atoms with E-state index in [-0.39, 0.29) is 23.4 Å². The van der Waals surface area contributed by atoms with E-state index in [1.54, 1.807) is 0 Å². The van der Waals surface area contributed by atoms with Crippen LogP contribution in [0.25, 0.3) is 0 Å². The van der Waals surface area contributed by atoms with Crippen molar-refractivity contribution < 1.29 is 13.7 Å². The average molecular weight is 390 g/mol. The Morgan fingerprint density at radius 1 is 1.00 bits per heavy atom. The van der Waals surface area contributed by atoms with Gasteiger partial charge in [-0.3, -0.25) is 0 Å². The molecule has 1 aromatic carbocycles. The Morgan fingerprint density at radius 2 is 1.48 bits per heavy atom. The van der Waals surface area contributed by atoms with Gasteiger partial charge in [0.1, 0.15) is 0 Å². The minimum absolute atomic E-state index is 0.147. The lowest BCUT2D eigenvalue weighted by atomic mass is 9.75. The summed E-state index contributed by atoms with van der Waals surface area (Å²) in [6.45, 7) is 22.8. The van der Waals surface area contributed by atoms with Gasteiger partial charge in [0.25, 0.3) is 0 Å². The first-order valence-corrected chi connectivity index (χ1v) is 13.1. The average Bonchev–Trinajstić information content (AvgIpc) is 2.71. The standard InChI is InChI=1S/C22H39BO3Si/c1-17(15-23-25-21(5,6)22(7,8)26-23)19-13-11-18(12-14-19)16-24-27(9,10)20(2,3)4/h11-14,17H,15-16H2,1-10H3/t17-/m0/s1. The topological polar surface area (TPSA) is 27.7 Å². The largest absolute Gasteiger partial charge is 0.458 e. The maximum atomic E-state index is 6.33. The molecule has 0 aliphatic carbocycles. The van der Waals surface area contributed by atoms with Crippen LogP contribution in [0.3, 0.4) is 0 Å². The molecule has 2 rings (SSSR count). The van der Waals surface area contributed by atoms with Crippen molar-refractivity contribution in [2.45, 2.75) is 104 Å². The van der Waals surface area contributed by atoms with E-state index in [9.17, 15) is 0 Å². The predicted octanol–water partition coefficient (Wildman–Crippen LogP) is 6.40. The van der Waals surface area contributed by atoms with Crippen LogP contribution in [0.4, 0.5) is 0 Å². The summed E-state index contributed by atoms with van der Waals surface area (Å²) in [6, 6.07) is 8.84. The van der Waals surface area contributed by atoms with Gasteiger partial charge in [-0.25, -0.2) is 0 Å². The number of hydrogen-bond acceptors (Lipinski definition) is 3. The summed E-state index contributed by atoms with van der Waals surface area (Å²) in [6.07, 6.45) is 0.868. The highest BCUT2D eigenvalue weighted by Crippen LogP contribution is 2.40. The van der Waals surface area contributed by atoms with Gasteiger partial charge in [-0.15, -0.1) is 0 Å². The second-order valence-corrected chi connectivity index (χ2v) is 15.4. The molecule has 1 heterocycles. The van der Waals surface area contributed by atoms with E-state index in [0.29, 0.717) is 12.5 Å². The van der Waals surface area contributed by atoms with Crippen LogP contribution < -0.4 is 0 Å². The Labute approximate surface area is 168 Å². The highest BCUT2D eigenvalue weighted by molar-refractivity contribution is 6.74. The van der Waals surface area contributed by atoms with Gasteiger partial charge >= 0.3 is 7.12 Å². The molecule has 0 unspecified atom stereocenters. The van der Waals surface area contributed by atoms with E-state index in [0.717, 1.165) is 6.32 Å². The van der Waals surface area contributed by atoms with Crippen molar-refractivity contribution in [2.24, 2.45) is 0 Å². The van der Waals surface area contributed by atoms with Gasteiger partial charge in [0.15, 0.2) is 8.32 Å². The van der Waals surface area contributed by atoms with Crippen LogP contribution in [-0.4, -0.2) is 26.6 Å². The SMILES string of the molecule is C[C@@H](CB1OC(C)(C)C(C)(C)O1)c1ccc(CO[Si](C)(C)C(C)(C)C)cc1. The molecule has 1 aliphatic rings. The van der Waals surface area contributed by atoms with Gasteiger partial charge in [0.05, 0.1) is 17.8 Å². The summed E-state index contributed by atoms with van der Waals surface area (Å²) < 4.78 is 18.6. The van der Waals surface area contributed by atoms with Crippen LogP contribution >= 0.6 is 0 Å². The molecule has 1 fully saturated rings. The Morgan fingerprint density at radius 3 is 1.93 bits per heavy atom. The van der Waals surface area contributed by atoms with Crippen molar-refractivity contribution in [1.82, 2.24) is 0 Å². The van der Waals surface area contributed by atoms with Crippen LogP contribution in [0.1, 0.15) is 72.4 Å². The zero-order valence-electron chi connectivity index (χ0n) is 19.1. The van der Waals surface area contributed by atoms with Gasteiger partial charge in [0.2, 0.25) is 0 Å². The van der Waals surface area contributed by atoms with E-state index in [2.05, 4.69) is 92.7 Å². The van der Waals surface area contributed by atoms with Crippen molar-refractivity contribution >= 4 is 15.4 Å². The van der Waals surface area contributed by atoms with E-state index in [1.165, 1.54) is 11.1 Å². The quantitative estimate of drug-likeness (QED) is 0.526. The Hall–Kier alpha value is -0.618. The molecule has 0 radical (unpaired) electrons. The summed E-state index contributed by atoms with van der Waals surface area (Å²) in [7, 11) is -1.85. The van der Waals surface area contributed by atoms with E-state index < -0.39 is 8.32 Å². The van der Waals surface area contributed by atoms with Gasteiger partial charge < -0.3 is 13.7 Å². The number of hydrogen-bond donors (Lipinski definition) is 0. The van der Waals surface area contributed by atoms with Crippen molar-refractivity contribution in [3.63, 3.8) is 0 Å². The summed E-state index contributed by atoms with van der Waals surface area (Å²) in [4.78, 5) is 0. The minimum atomic E-state index is -1.71. The highest BCUT2D eigenvalue weighted by Gasteiger charge is 2.51. The molecular formula is C22H39BO3Si. The first-order chi connectivity index (χ1) is 12.1. The lowest BCUT2D eigenvalue weighted by molar-refractivity contribution is 0.00578. The summed E-state index contributed by atoms with van der Waals surface area (Å²) in [5, 5.41) is 0.240. The zero-order chi connectivity index (χ0) is 20.7. The number of rotatable bonds is 6. The third-order valence-corrected chi connectivity index (χ3v) is 11.3. The second-order valence-electron chi connectivity index (χ2n) is 10.6. The van der Waals surface area contributed by atoms with Gasteiger partial charge in [-0.05, 0) is 69.2 Å². The van der Waals surface area contributed by atoms with Crippen LogP contribution in [-0.2, 0) is 20.3 Å². The van der Waals surface area contributed by atoms with Crippen molar-refractivity contribution in [2.75, 3.05) is 0 Å². The lowest BCUT2D eigenvalue weighted by Crippen LogP contribution is -2.41. The lowest BCUT2D eigenvalue weighted by Gasteiger charge is -2.36. The molecule has 152 valence electrons. The third kappa shape index (κ3) is 5.26. The molecular weight excluding hydrogens is 351 g/mol. The second kappa shape index (κ2) is 7.66. The van der Waals surface area contributed by atoms with Crippen LogP contribution in [0.15, 0.2) is 24.3 Å². The van der Waals surface area contributed by atoms with E-state index in [1.807, 2.05) is 0 Å². The molecule has 5 heteroatoms. The van der Waals surface area contributed by atoms with Crippen LogP contribution in [0.5, 0.6) is 0 Å². The fourth-order valence-electron chi connectivity index (χ4n) is 2.91. The Balaban J connectivity index is 1.93. The van der Waals surface area contributed by atoms with Crippen molar-refractivity contribution in [1.29, 1.82) is 0 Å². The molecule has 1 aliphatic heterocycles. The molecule has 0 N–H and O–H groups in total. The maximum absolute atomic E-state index is 6.33. The predicted molar refractivity (Wildman–Crippen MR) is 118 cm³/mol. The van der Waals surface area contributed by atoms with Crippen LogP contribution in [0.2, 0.25) is 24.5 Å². The smallest absolute Gasteiger partial charge is 0.413 e. The number of benzene rings is 1. The van der Waals surface area contributed by atoms with E-state index in [4.69, 9.17) is 13.7 Å².